The molecule has 0 atom stereocenters. The Labute approximate surface area is 108 Å². The average Bonchev–Trinajstić information content (AvgIpc) is 2.38. The molecule has 0 aliphatic carbocycles. The van der Waals surface area contributed by atoms with Gasteiger partial charge >= 0.3 is 0 Å². The van der Waals surface area contributed by atoms with Gasteiger partial charge in [-0.1, -0.05) is 23.7 Å². The molecule has 0 N–H and O–H groups in total. The third kappa shape index (κ3) is 2.89. The van der Waals surface area contributed by atoms with Gasteiger partial charge in [-0.3, -0.25) is 10.1 Å². The van der Waals surface area contributed by atoms with E-state index in [1.54, 1.807) is 24.3 Å². The normalized spacial score (nSPS) is 10.7. The number of azo groups is 1. The van der Waals surface area contributed by atoms with Gasteiger partial charge in [0.25, 0.3) is 5.69 Å². The summed E-state index contributed by atoms with van der Waals surface area (Å²) in [5, 5.41) is 18.9. The van der Waals surface area contributed by atoms with E-state index in [9.17, 15) is 10.1 Å². The van der Waals surface area contributed by atoms with E-state index in [1.165, 1.54) is 24.3 Å². The van der Waals surface area contributed by atoms with Crippen LogP contribution in [0.3, 0.4) is 0 Å². The zero-order valence-electron chi connectivity index (χ0n) is 9.15. The first-order valence-electron chi connectivity index (χ1n) is 5.07. The van der Waals surface area contributed by atoms with Crippen molar-refractivity contribution in [3.63, 3.8) is 0 Å². The molecule has 2 aromatic carbocycles. The van der Waals surface area contributed by atoms with Crippen LogP contribution in [0, 0.1) is 10.1 Å². The number of nitro groups is 1. The summed E-state index contributed by atoms with van der Waals surface area (Å²) in [6.07, 6.45) is 0. The Kier molecular flexibility index (Phi) is 3.64. The fourth-order valence-corrected chi connectivity index (χ4v) is 1.46. The largest absolute Gasteiger partial charge is 0.269 e. The molecule has 0 bridgehead atoms. The summed E-state index contributed by atoms with van der Waals surface area (Å²) in [6, 6.07) is 12.9. The van der Waals surface area contributed by atoms with Crippen molar-refractivity contribution in [3.05, 3.63) is 63.7 Å². The fourth-order valence-electron chi connectivity index (χ4n) is 1.29. The lowest BCUT2D eigenvalue weighted by atomic mass is 10.3. The molecule has 0 fully saturated rings. The fraction of sp³-hybridized carbons (Fsp3) is 0. The van der Waals surface area contributed by atoms with Crippen molar-refractivity contribution in [2.24, 2.45) is 10.2 Å². The van der Waals surface area contributed by atoms with Crippen LogP contribution in [-0.4, -0.2) is 4.92 Å². The van der Waals surface area contributed by atoms with Crippen LogP contribution in [0.15, 0.2) is 58.8 Å². The predicted octanol–water partition coefficient (Wildman–Crippen LogP) is 4.66. The molecule has 0 heterocycles. The second-order valence-corrected chi connectivity index (χ2v) is 3.83. The summed E-state index contributed by atoms with van der Waals surface area (Å²) in [7, 11) is 0. The van der Waals surface area contributed by atoms with Crippen LogP contribution in [0.2, 0.25) is 5.02 Å². The highest BCUT2D eigenvalue weighted by Gasteiger charge is 2.03. The number of non-ortho nitro benzene ring substituents is 1. The molecule has 2 aromatic rings. The lowest BCUT2D eigenvalue weighted by molar-refractivity contribution is -0.384. The first-order valence-corrected chi connectivity index (χ1v) is 5.45. The molecule has 0 saturated carbocycles. The Hall–Kier alpha value is -2.27. The van der Waals surface area contributed by atoms with Crippen molar-refractivity contribution in [1.82, 2.24) is 0 Å². The Bertz CT molecular complexity index is 597. The topological polar surface area (TPSA) is 67.9 Å². The van der Waals surface area contributed by atoms with E-state index >= 15 is 0 Å². The van der Waals surface area contributed by atoms with E-state index in [0.717, 1.165) is 0 Å². The number of nitro benzene ring substituents is 1. The Morgan fingerprint density at radius 3 is 2.28 bits per heavy atom. The third-order valence-electron chi connectivity index (χ3n) is 2.19. The zero-order valence-corrected chi connectivity index (χ0v) is 9.91. The summed E-state index contributed by atoms with van der Waals surface area (Å²) in [5.41, 5.74) is 1.10. The minimum atomic E-state index is -0.463. The standard InChI is InChI=1S/C12H8ClN3O2/c13-11-3-1-2-4-12(11)15-14-9-5-7-10(8-6-9)16(17)18/h1-8H. The summed E-state index contributed by atoms with van der Waals surface area (Å²) in [4.78, 5) is 10.0. The predicted molar refractivity (Wildman–Crippen MR) is 68.7 cm³/mol. The molecule has 0 unspecified atom stereocenters. The van der Waals surface area contributed by atoms with Gasteiger partial charge in [-0.15, -0.1) is 5.11 Å². The second-order valence-electron chi connectivity index (χ2n) is 3.42. The molecule has 0 aliphatic rings. The highest BCUT2D eigenvalue weighted by atomic mass is 35.5. The first kappa shape index (κ1) is 12.2. The molecular formula is C12H8ClN3O2. The molecule has 6 heteroatoms. The van der Waals surface area contributed by atoms with Gasteiger partial charge in [0.15, 0.2) is 0 Å². The van der Waals surface area contributed by atoms with Crippen molar-refractivity contribution >= 4 is 28.7 Å². The van der Waals surface area contributed by atoms with Gasteiger partial charge < -0.3 is 0 Å². The van der Waals surface area contributed by atoms with E-state index in [2.05, 4.69) is 10.2 Å². The number of halogens is 1. The Balaban J connectivity index is 2.19. The van der Waals surface area contributed by atoms with Crippen molar-refractivity contribution in [3.8, 4) is 0 Å². The van der Waals surface area contributed by atoms with Crippen molar-refractivity contribution < 1.29 is 4.92 Å². The van der Waals surface area contributed by atoms with Crippen molar-refractivity contribution in [2.75, 3.05) is 0 Å². The summed E-state index contributed by atoms with van der Waals surface area (Å²) >= 11 is 5.91. The molecule has 0 saturated heterocycles. The molecule has 0 spiro atoms. The van der Waals surface area contributed by atoms with Gasteiger partial charge in [0.05, 0.1) is 15.6 Å². The lowest BCUT2D eigenvalue weighted by Crippen LogP contribution is -1.85. The van der Waals surface area contributed by atoms with E-state index in [4.69, 9.17) is 11.6 Å². The van der Waals surface area contributed by atoms with Gasteiger partial charge in [0.1, 0.15) is 5.69 Å². The molecule has 5 nitrogen and oxygen atoms in total. The maximum absolute atomic E-state index is 10.5. The number of nitrogens with zero attached hydrogens (tertiary/aromatic N) is 3. The average molecular weight is 262 g/mol. The number of rotatable bonds is 3. The highest BCUT2D eigenvalue weighted by molar-refractivity contribution is 6.32. The zero-order chi connectivity index (χ0) is 13.0. The van der Waals surface area contributed by atoms with Gasteiger partial charge in [0, 0.05) is 12.1 Å². The van der Waals surface area contributed by atoms with Crippen LogP contribution >= 0.6 is 11.6 Å². The Morgan fingerprint density at radius 1 is 1.00 bits per heavy atom. The van der Waals surface area contributed by atoms with Crippen LogP contribution in [0.5, 0.6) is 0 Å². The van der Waals surface area contributed by atoms with Crippen LogP contribution in [0.4, 0.5) is 17.1 Å². The van der Waals surface area contributed by atoms with Crippen LogP contribution in [-0.2, 0) is 0 Å². The third-order valence-corrected chi connectivity index (χ3v) is 2.51. The highest BCUT2D eigenvalue weighted by Crippen LogP contribution is 2.26. The molecule has 18 heavy (non-hydrogen) atoms. The summed E-state index contributed by atoms with van der Waals surface area (Å²) in [6.45, 7) is 0. The summed E-state index contributed by atoms with van der Waals surface area (Å²) in [5.74, 6) is 0. The monoisotopic (exact) mass is 261 g/mol. The van der Waals surface area contributed by atoms with Crippen molar-refractivity contribution in [1.29, 1.82) is 0 Å². The second kappa shape index (κ2) is 5.37. The lowest BCUT2D eigenvalue weighted by Gasteiger charge is -1.95. The first-order chi connectivity index (χ1) is 8.66. The number of hydrogen-bond acceptors (Lipinski definition) is 4. The van der Waals surface area contributed by atoms with E-state index in [0.29, 0.717) is 16.4 Å². The molecule has 2 rings (SSSR count). The Morgan fingerprint density at radius 2 is 1.67 bits per heavy atom. The van der Waals surface area contributed by atoms with Crippen LogP contribution in [0.1, 0.15) is 0 Å². The molecule has 0 radical (unpaired) electrons. The number of hydrogen-bond donors (Lipinski definition) is 0. The maximum atomic E-state index is 10.5. The summed E-state index contributed by atoms with van der Waals surface area (Å²) < 4.78 is 0. The minimum absolute atomic E-state index is 0.0201. The molecule has 90 valence electrons. The quantitative estimate of drug-likeness (QED) is 0.458. The van der Waals surface area contributed by atoms with Gasteiger partial charge in [-0.2, -0.15) is 5.11 Å². The number of benzene rings is 2. The molecule has 0 aliphatic heterocycles. The molecule has 0 amide bonds. The van der Waals surface area contributed by atoms with Crippen molar-refractivity contribution in [2.45, 2.75) is 0 Å². The van der Waals surface area contributed by atoms with Crippen LogP contribution < -0.4 is 0 Å². The van der Waals surface area contributed by atoms with E-state index < -0.39 is 4.92 Å². The molecule has 0 aromatic heterocycles. The van der Waals surface area contributed by atoms with Gasteiger partial charge in [-0.25, -0.2) is 0 Å². The van der Waals surface area contributed by atoms with E-state index in [-0.39, 0.29) is 5.69 Å². The molecular weight excluding hydrogens is 254 g/mol. The van der Waals surface area contributed by atoms with Crippen LogP contribution in [0.25, 0.3) is 0 Å². The van der Waals surface area contributed by atoms with Gasteiger partial charge in [-0.05, 0) is 24.3 Å². The minimum Gasteiger partial charge on any atom is -0.258 e. The van der Waals surface area contributed by atoms with Gasteiger partial charge in [0.2, 0.25) is 0 Å². The van der Waals surface area contributed by atoms with E-state index in [1.807, 2.05) is 0 Å². The smallest absolute Gasteiger partial charge is 0.258 e. The SMILES string of the molecule is O=[N+]([O-])c1ccc(N=Nc2ccccc2Cl)cc1. The maximum Gasteiger partial charge on any atom is 0.269 e.